The standard InChI is InChI=1S/C12H19N5O2S/c1-13-9-6-10(16-12(15-9)20-3)17-4-5-19-7-8(17)11(18)14-2/h6,8H,4-5,7H2,1-3H3,(H,14,18)(H,13,15,16). The molecule has 1 aliphatic rings. The molecule has 0 bridgehead atoms. The van der Waals surface area contributed by atoms with Gasteiger partial charge in [0.2, 0.25) is 5.91 Å². The third kappa shape index (κ3) is 3.13. The molecule has 1 atom stereocenters. The van der Waals surface area contributed by atoms with Gasteiger partial charge < -0.3 is 20.3 Å². The van der Waals surface area contributed by atoms with Gasteiger partial charge in [0.25, 0.3) is 0 Å². The van der Waals surface area contributed by atoms with Crippen molar-refractivity contribution in [1.29, 1.82) is 0 Å². The van der Waals surface area contributed by atoms with Crippen molar-refractivity contribution in [2.45, 2.75) is 11.2 Å². The Hall–Kier alpha value is -1.54. The highest BCUT2D eigenvalue weighted by molar-refractivity contribution is 7.98. The highest BCUT2D eigenvalue weighted by atomic mass is 32.2. The van der Waals surface area contributed by atoms with E-state index in [1.54, 1.807) is 7.05 Å². The molecular formula is C12H19N5O2S. The van der Waals surface area contributed by atoms with Gasteiger partial charge in [-0.25, -0.2) is 9.97 Å². The van der Waals surface area contributed by atoms with Gasteiger partial charge in [0.1, 0.15) is 17.7 Å². The summed E-state index contributed by atoms with van der Waals surface area (Å²) in [6.07, 6.45) is 1.92. The number of carbonyl (C=O) groups is 1. The zero-order valence-electron chi connectivity index (χ0n) is 11.8. The first-order valence-corrected chi connectivity index (χ1v) is 7.59. The molecule has 0 aliphatic carbocycles. The minimum Gasteiger partial charge on any atom is -0.377 e. The number of ether oxygens (including phenoxy) is 1. The number of anilines is 2. The van der Waals surface area contributed by atoms with Crippen molar-refractivity contribution in [3.8, 4) is 0 Å². The zero-order valence-corrected chi connectivity index (χ0v) is 12.7. The van der Waals surface area contributed by atoms with Crippen LogP contribution in [0.25, 0.3) is 0 Å². The molecule has 7 nitrogen and oxygen atoms in total. The summed E-state index contributed by atoms with van der Waals surface area (Å²) in [5.74, 6) is 1.41. The lowest BCUT2D eigenvalue weighted by molar-refractivity contribution is -0.124. The third-order valence-corrected chi connectivity index (χ3v) is 3.65. The summed E-state index contributed by atoms with van der Waals surface area (Å²) in [7, 11) is 3.44. The number of aromatic nitrogens is 2. The van der Waals surface area contributed by atoms with Crippen LogP contribution in [0.5, 0.6) is 0 Å². The van der Waals surface area contributed by atoms with Gasteiger partial charge in [0, 0.05) is 26.7 Å². The molecule has 1 amide bonds. The summed E-state index contributed by atoms with van der Waals surface area (Å²) in [5.41, 5.74) is 0. The Labute approximate surface area is 122 Å². The summed E-state index contributed by atoms with van der Waals surface area (Å²) < 4.78 is 5.40. The smallest absolute Gasteiger partial charge is 0.244 e. The highest BCUT2D eigenvalue weighted by Crippen LogP contribution is 2.23. The number of likely N-dealkylation sites (N-methyl/N-ethyl adjacent to an activating group) is 1. The summed E-state index contributed by atoms with van der Waals surface area (Å²) in [6, 6.07) is 1.49. The van der Waals surface area contributed by atoms with Crippen molar-refractivity contribution in [1.82, 2.24) is 15.3 Å². The fourth-order valence-electron chi connectivity index (χ4n) is 2.04. The number of nitrogens with one attached hydrogen (secondary N) is 2. The Balaban J connectivity index is 2.33. The molecule has 2 rings (SSSR count). The second kappa shape index (κ2) is 6.76. The predicted octanol–water partition coefficient (Wildman–Crippen LogP) is 0.191. The molecule has 0 radical (unpaired) electrons. The van der Waals surface area contributed by atoms with Crippen molar-refractivity contribution in [3.05, 3.63) is 6.07 Å². The van der Waals surface area contributed by atoms with Crippen LogP contribution < -0.4 is 15.5 Å². The van der Waals surface area contributed by atoms with E-state index in [4.69, 9.17) is 4.74 Å². The maximum atomic E-state index is 12.0. The number of amides is 1. The Kier molecular flexibility index (Phi) is 5.02. The van der Waals surface area contributed by atoms with Crippen molar-refractivity contribution >= 4 is 29.3 Å². The lowest BCUT2D eigenvalue weighted by Gasteiger charge is -2.35. The van der Waals surface area contributed by atoms with Gasteiger partial charge >= 0.3 is 0 Å². The average molecular weight is 297 g/mol. The predicted molar refractivity (Wildman–Crippen MR) is 79.4 cm³/mol. The molecule has 1 aromatic heterocycles. The number of thioether (sulfide) groups is 1. The zero-order chi connectivity index (χ0) is 14.5. The number of carbonyl (C=O) groups excluding carboxylic acids is 1. The minimum absolute atomic E-state index is 0.0694. The van der Waals surface area contributed by atoms with Gasteiger partial charge in [-0.15, -0.1) is 0 Å². The van der Waals surface area contributed by atoms with Crippen LogP contribution in [-0.4, -0.2) is 62.0 Å². The molecule has 1 unspecified atom stereocenters. The summed E-state index contributed by atoms with van der Waals surface area (Å²) in [5, 5.41) is 6.36. The number of hydrogen-bond acceptors (Lipinski definition) is 7. The largest absolute Gasteiger partial charge is 0.377 e. The molecule has 2 N–H and O–H groups in total. The second-order valence-electron chi connectivity index (χ2n) is 4.25. The molecule has 0 spiro atoms. The molecule has 2 heterocycles. The van der Waals surface area contributed by atoms with Crippen molar-refractivity contribution in [3.63, 3.8) is 0 Å². The van der Waals surface area contributed by atoms with Gasteiger partial charge in [-0.05, 0) is 6.26 Å². The molecule has 1 aromatic rings. The van der Waals surface area contributed by atoms with Crippen LogP contribution in [0, 0.1) is 0 Å². The normalized spacial score (nSPS) is 18.8. The maximum Gasteiger partial charge on any atom is 0.244 e. The first kappa shape index (κ1) is 14.9. The highest BCUT2D eigenvalue weighted by Gasteiger charge is 2.30. The van der Waals surface area contributed by atoms with Gasteiger partial charge in [0.15, 0.2) is 5.16 Å². The second-order valence-corrected chi connectivity index (χ2v) is 5.02. The summed E-state index contributed by atoms with van der Waals surface area (Å²) in [4.78, 5) is 22.8. The average Bonchev–Trinajstić information content (AvgIpc) is 2.53. The molecule has 8 heteroatoms. The van der Waals surface area contributed by atoms with Gasteiger partial charge in [-0.1, -0.05) is 11.8 Å². The first-order chi connectivity index (χ1) is 9.69. The van der Waals surface area contributed by atoms with E-state index < -0.39 is 0 Å². The number of morpholine rings is 1. The van der Waals surface area contributed by atoms with E-state index in [1.165, 1.54) is 11.8 Å². The lowest BCUT2D eigenvalue weighted by Crippen LogP contribution is -2.53. The monoisotopic (exact) mass is 297 g/mol. The van der Waals surface area contributed by atoms with Crippen LogP contribution in [0.1, 0.15) is 0 Å². The Bertz CT molecular complexity index is 463. The molecule has 110 valence electrons. The molecule has 1 saturated heterocycles. The Morgan fingerprint density at radius 1 is 1.50 bits per heavy atom. The molecule has 20 heavy (non-hydrogen) atoms. The Morgan fingerprint density at radius 3 is 2.95 bits per heavy atom. The fourth-order valence-corrected chi connectivity index (χ4v) is 2.42. The van der Waals surface area contributed by atoms with E-state index in [1.807, 2.05) is 24.3 Å². The third-order valence-electron chi connectivity index (χ3n) is 3.10. The number of nitrogens with zero attached hydrogens (tertiary/aromatic N) is 3. The van der Waals surface area contributed by atoms with Crippen LogP contribution in [0.15, 0.2) is 11.2 Å². The van der Waals surface area contributed by atoms with Gasteiger partial charge in [-0.3, -0.25) is 4.79 Å². The van der Waals surface area contributed by atoms with Crippen molar-refractivity contribution in [2.24, 2.45) is 0 Å². The van der Waals surface area contributed by atoms with Gasteiger partial charge in [0.05, 0.1) is 13.2 Å². The minimum atomic E-state index is -0.358. The van der Waals surface area contributed by atoms with E-state index in [9.17, 15) is 4.79 Å². The van der Waals surface area contributed by atoms with Crippen LogP contribution in [-0.2, 0) is 9.53 Å². The molecule has 1 aliphatic heterocycles. The van der Waals surface area contributed by atoms with E-state index in [0.29, 0.717) is 24.9 Å². The van der Waals surface area contributed by atoms with Crippen molar-refractivity contribution in [2.75, 3.05) is 50.3 Å². The first-order valence-electron chi connectivity index (χ1n) is 6.36. The van der Waals surface area contributed by atoms with Gasteiger partial charge in [-0.2, -0.15) is 0 Å². The lowest BCUT2D eigenvalue weighted by atomic mass is 10.2. The van der Waals surface area contributed by atoms with Crippen LogP contribution >= 0.6 is 11.8 Å². The number of hydrogen-bond donors (Lipinski definition) is 2. The van der Waals surface area contributed by atoms with Crippen LogP contribution in [0.3, 0.4) is 0 Å². The number of rotatable bonds is 4. The molecule has 0 saturated carbocycles. The fraction of sp³-hybridized carbons (Fsp3) is 0.583. The summed E-state index contributed by atoms with van der Waals surface area (Å²) in [6.45, 7) is 1.58. The summed E-state index contributed by atoms with van der Waals surface area (Å²) >= 11 is 1.47. The van der Waals surface area contributed by atoms with E-state index in [0.717, 1.165) is 11.6 Å². The maximum absolute atomic E-state index is 12.0. The molecule has 0 aromatic carbocycles. The molecular weight excluding hydrogens is 278 g/mol. The Morgan fingerprint density at radius 2 is 2.30 bits per heavy atom. The van der Waals surface area contributed by atoms with E-state index in [-0.39, 0.29) is 11.9 Å². The van der Waals surface area contributed by atoms with E-state index >= 15 is 0 Å². The SMILES string of the molecule is CNC(=O)C1COCCN1c1cc(NC)nc(SC)n1. The van der Waals surface area contributed by atoms with Crippen LogP contribution in [0.2, 0.25) is 0 Å². The van der Waals surface area contributed by atoms with E-state index in [2.05, 4.69) is 20.6 Å². The quantitative estimate of drug-likeness (QED) is 0.606. The van der Waals surface area contributed by atoms with Crippen LogP contribution in [0.4, 0.5) is 11.6 Å². The van der Waals surface area contributed by atoms with Crippen molar-refractivity contribution < 1.29 is 9.53 Å². The molecule has 1 fully saturated rings. The topological polar surface area (TPSA) is 79.4 Å².